The second-order valence-corrected chi connectivity index (χ2v) is 5.03. The van der Waals surface area contributed by atoms with Crippen LogP contribution in [0.2, 0.25) is 0 Å². The fraction of sp³-hybridized carbons (Fsp3) is 0.545. The van der Waals surface area contributed by atoms with Gasteiger partial charge in [-0.3, -0.25) is 4.79 Å². The second kappa shape index (κ2) is 4.77. The van der Waals surface area contributed by atoms with Crippen LogP contribution in [0.15, 0.2) is 17.5 Å². The highest BCUT2D eigenvalue weighted by molar-refractivity contribution is 7.09. The van der Waals surface area contributed by atoms with E-state index < -0.39 is 5.97 Å². The number of aliphatic carboxylic acids is 1. The van der Waals surface area contributed by atoms with E-state index in [1.54, 1.807) is 11.3 Å². The highest BCUT2D eigenvalue weighted by Gasteiger charge is 2.32. The Morgan fingerprint density at radius 1 is 1.67 bits per heavy atom. The van der Waals surface area contributed by atoms with Crippen molar-refractivity contribution >= 4 is 17.3 Å². The minimum atomic E-state index is -0.703. The van der Waals surface area contributed by atoms with E-state index in [-0.39, 0.29) is 12.5 Å². The van der Waals surface area contributed by atoms with Crippen molar-refractivity contribution in [2.75, 3.05) is 0 Å². The molecule has 0 spiro atoms. The molecule has 1 aromatic rings. The van der Waals surface area contributed by atoms with Gasteiger partial charge in [0.1, 0.15) is 0 Å². The van der Waals surface area contributed by atoms with Gasteiger partial charge in [-0.05, 0) is 30.2 Å². The number of rotatable bonds is 6. The molecule has 1 unspecified atom stereocenters. The summed E-state index contributed by atoms with van der Waals surface area (Å²) in [5, 5.41) is 14.2. The van der Waals surface area contributed by atoms with E-state index in [0.717, 1.165) is 6.54 Å². The van der Waals surface area contributed by atoms with Crippen LogP contribution in [0.5, 0.6) is 0 Å². The van der Waals surface area contributed by atoms with E-state index in [9.17, 15) is 4.79 Å². The number of hydrogen-bond donors (Lipinski definition) is 2. The lowest BCUT2D eigenvalue weighted by Crippen LogP contribution is -2.32. The van der Waals surface area contributed by atoms with E-state index >= 15 is 0 Å². The first-order valence-electron chi connectivity index (χ1n) is 5.23. The predicted molar refractivity (Wildman–Crippen MR) is 59.9 cm³/mol. The highest BCUT2D eigenvalue weighted by Crippen LogP contribution is 2.34. The van der Waals surface area contributed by atoms with Crippen molar-refractivity contribution in [3.8, 4) is 0 Å². The van der Waals surface area contributed by atoms with Crippen molar-refractivity contribution in [3.63, 3.8) is 0 Å². The third-order valence-electron chi connectivity index (χ3n) is 2.70. The molecule has 1 aromatic heterocycles. The lowest BCUT2D eigenvalue weighted by atomic mass is 10.1. The molecule has 2 N–H and O–H groups in total. The van der Waals surface area contributed by atoms with Crippen molar-refractivity contribution in [3.05, 3.63) is 22.4 Å². The Morgan fingerprint density at radius 3 is 3.00 bits per heavy atom. The van der Waals surface area contributed by atoms with Crippen LogP contribution in [0.1, 0.15) is 24.1 Å². The van der Waals surface area contributed by atoms with Gasteiger partial charge in [0, 0.05) is 17.5 Å². The van der Waals surface area contributed by atoms with Gasteiger partial charge in [0.2, 0.25) is 0 Å². The summed E-state index contributed by atoms with van der Waals surface area (Å²) in [4.78, 5) is 11.9. The van der Waals surface area contributed by atoms with Gasteiger partial charge in [0.15, 0.2) is 0 Å². The van der Waals surface area contributed by atoms with Crippen LogP contribution in [0.25, 0.3) is 0 Å². The first kappa shape index (κ1) is 10.6. The smallest absolute Gasteiger partial charge is 0.304 e. The van der Waals surface area contributed by atoms with Crippen LogP contribution in [0, 0.1) is 5.92 Å². The van der Waals surface area contributed by atoms with E-state index in [1.807, 2.05) is 11.4 Å². The van der Waals surface area contributed by atoms with Crippen molar-refractivity contribution in [2.24, 2.45) is 5.92 Å². The Hall–Kier alpha value is -0.870. The van der Waals surface area contributed by atoms with Gasteiger partial charge in [-0.1, -0.05) is 6.07 Å². The summed E-state index contributed by atoms with van der Waals surface area (Å²) < 4.78 is 0. The molecule has 4 heteroatoms. The fourth-order valence-electron chi connectivity index (χ4n) is 1.74. The monoisotopic (exact) mass is 225 g/mol. The zero-order valence-electron chi connectivity index (χ0n) is 8.48. The minimum absolute atomic E-state index is 0.157. The Bertz CT molecular complexity index is 319. The maximum atomic E-state index is 10.7. The van der Waals surface area contributed by atoms with E-state index in [4.69, 9.17) is 5.11 Å². The summed E-state index contributed by atoms with van der Waals surface area (Å²) in [6.45, 7) is 0.798. The molecule has 1 saturated carbocycles. The van der Waals surface area contributed by atoms with Gasteiger partial charge in [-0.25, -0.2) is 0 Å². The molecule has 3 nitrogen and oxygen atoms in total. The van der Waals surface area contributed by atoms with Gasteiger partial charge in [0.05, 0.1) is 6.42 Å². The zero-order chi connectivity index (χ0) is 10.7. The molecule has 1 aliphatic carbocycles. The molecule has 1 atom stereocenters. The third kappa shape index (κ3) is 3.32. The summed E-state index contributed by atoms with van der Waals surface area (Å²) in [6.07, 6.45) is 2.60. The lowest BCUT2D eigenvalue weighted by Gasteiger charge is -2.15. The summed E-state index contributed by atoms with van der Waals surface area (Å²) in [6, 6.07) is 4.25. The molecular weight excluding hydrogens is 210 g/mol. The molecule has 2 rings (SSSR count). The Balaban J connectivity index is 1.81. The molecule has 0 aromatic carbocycles. The minimum Gasteiger partial charge on any atom is -0.481 e. The van der Waals surface area contributed by atoms with Crippen LogP contribution in [0.3, 0.4) is 0 Å². The average Bonchev–Trinajstić information content (AvgIpc) is 2.90. The molecule has 0 radical (unpaired) electrons. The van der Waals surface area contributed by atoms with Gasteiger partial charge >= 0.3 is 5.97 Å². The molecule has 1 aliphatic rings. The molecule has 0 amide bonds. The molecule has 82 valence electrons. The van der Waals surface area contributed by atoms with Gasteiger partial charge in [-0.15, -0.1) is 11.3 Å². The Morgan fingerprint density at radius 2 is 2.47 bits per heavy atom. The van der Waals surface area contributed by atoms with Crippen molar-refractivity contribution in [1.82, 2.24) is 5.32 Å². The number of carboxylic acid groups (broad SMARTS) is 1. The van der Waals surface area contributed by atoms with E-state index in [2.05, 4.69) is 11.4 Å². The summed E-state index contributed by atoms with van der Waals surface area (Å²) in [5.74, 6) is -0.119. The topological polar surface area (TPSA) is 49.3 Å². The van der Waals surface area contributed by atoms with Crippen molar-refractivity contribution < 1.29 is 9.90 Å². The normalized spacial score (nSPS) is 17.6. The highest BCUT2D eigenvalue weighted by atomic mass is 32.1. The number of carbonyl (C=O) groups is 1. The Labute approximate surface area is 93.1 Å². The molecule has 1 fully saturated rings. The van der Waals surface area contributed by atoms with Crippen LogP contribution in [-0.4, -0.2) is 17.1 Å². The average molecular weight is 225 g/mol. The van der Waals surface area contributed by atoms with Crippen molar-refractivity contribution in [2.45, 2.75) is 31.8 Å². The number of thiophene rings is 1. The molecular formula is C11H15NO2S. The largest absolute Gasteiger partial charge is 0.481 e. The van der Waals surface area contributed by atoms with E-state index in [0.29, 0.717) is 5.92 Å². The standard InChI is InChI=1S/C11H15NO2S/c13-11(14)6-10(8-3-4-8)12-7-9-2-1-5-15-9/h1-2,5,8,10,12H,3-4,6-7H2,(H,13,14). The molecule has 15 heavy (non-hydrogen) atoms. The molecule has 0 aliphatic heterocycles. The van der Waals surface area contributed by atoms with Crippen LogP contribution in [-0.2, 0) is 11.3 Å². The van der Waals surface area contributed by atoms with Gasteiger partial charge in [0.25, 0.3) is 0 Å². The third-order valence-corrected chi connectivity index (χ3v) is 3.58. The summed E-state index contributed by atoms with van der Waals surface area (Å²) >= 11 is 1.71. The maximum Gasteiger partial charge on any atom is 0.304 e. The summed E-state index contributed by atoms with van der Waals surface area (Å²) in [7, 11) is 0. The number of carboxylic acids is 1. The maximum absolute atomic E-state index is 10.7. The predicted octanol–water partition coefficient (Wildman–Crippen LogP) is 2.09. The van der Waals surface area contributed by atoms with Crippen LogP contribution in [0.4, 0.5) is 0 Å². The van der Waals surface area contributed by atoms with Crippen LogP contribution >= 0.6 is 11.3 Å². The number of hydrogen-bond acceptors (Lipinski definition) is 3. The first-order chi connectivity index (χ1) is 7.25. The molecule has 0 bridgehead atoms. The number of nitrogens with one attached hydrogen (secondary N) is 1. The van der Waals surface area contributed by atoms with Gasteiger partial charge in [-0.2, -0.15) is 0 Å². The lowest BCUT2D eigenvalue weighted by molar-refractivity contribution is -0.137. The quantitative estimate of drug-likeness (QED) is 0.779. The Kier molecular flexibility index (Phi) is 3.38. The molecule has 1 heterocycles. The summed E-state index contributed by atoms with van der Waals surface area (Å²) in [5.41, 5.74) is 0. The van der Waals surface area contributed by atoms with Crippen LogP contribution < -0.4 is 5.32 Å². The second-order valence-electron chi connectivity index (χ2n) is 4.00. The fourth-order valence-corrected chi connectivity index (χ4v) is 2.39. The molecule has 0 saturated heterocycles. The van der Waals surface area contributed by atoms with Gasteiger partial charge < -0.3 is 10.4 Å². The zero-order valence-corrected chi connectivity index (χ0v) is 9.30. The van der Waals surface area contributed by atoms with E-state index in [1.165, 1.54) is 17.7 Å². The van der Waals surface area contributed by atoms with Crippen molar-refractivity contribution in [1.29, 1.82) is 0 Å². The first-order valence-corrected chi connectivity index (χ1v) is 6.11. The SMILES string of the molecule is O=C(O)CC(NCc1cccs1)C1CC1.